The molecule has 0 saturated carbocycles. The summed E-state index contributed by atoms with van der Waals surface area (Å²) in [5.41, 5.74) is 0.380. The minimum atomic E-state index is -0.790. The van der Waals surface area contributed by atoms with Crippen LogP contribution in [-0.2, 0) is 9.59 Å². The van der Waals surface area contributed by atoms with Gasteiger partial charge < -0.3 is 14.8 Å². The maximum absolute atomic E-state index is 14.0. The van der Waals surface area contributed by atoms with E-state index in [-0.39, 0.29) is 53.4 Å². The van der Waals surface area contributed by atoms with Gasteiger partial charge in [-0.05, 0) is 26.3 Å². The molecule has 2 unspecified atom stereocenters. The molecule has 9 heteroatoms. The molecule has 0 spiro atoms. The Morgan fingerprint density at radius 3 is 2.62 bits per heavy atom. The van der Waals surface area contributed by atoms with Gasteiger partial charge in [0.1, 0.15) is 29.2 Å². The first-order valence-corrected chi connectivity index (χ1v) is 9.06. The van der Waals surface area contributed by atoms with Crippen LogP contribution in [0.1, 0.15) is 29.4 Å². The molecule has 1 saturated heterocycles. The number of halogens is 2. The van der Waals surface area contributed by atoms with Gasteiger partial charge in [0.25, 0.3) is 5.91 Å². The Hall–Kier alpha value is -3.28. The smallest absolute Gasteiger partial charge is 0.270 e. The third-order valence-corrected chi connectivity index (χ3v) is 5.36. The minimum Gasteiger partial charge on any atom is -0.350 e. The summed E-state index contributed by atoms with van der Waals surface area (Å²) in [5, 5.41) is 9.34. The topological polar surface area (TPSA) is 97.3 Å². The van der Waals surface area contributed by atoms with Crippen LogP contribution in [0.15, 0.2) is 12.1 Å². The third-order valence-electron chi connectivity index (χ3n) is 5.36. The number of H-pyrrole nitrogens is 1. The summed E-state index contributed by atoms with van der Waals surface area (Å²) < 4.78 is 27.7. The molecular formula is C20H20F2N4O3. The number of carbonyl (C=O) groups excluding carboxylic acids is 3. The number of likely N-dealkylation sites (N-methyl/N-ethyl adjacent to an activating group) is 1. The number of nitrogens with one attached hydrogen (secondary N) is 1. The highest BCUT2D eigenvalue weighted by Gasteiger charge is 2.37. The minimum absolute atomic E-state index is 0.0165. The second-order valence-corrected chi connectivity index (χ2v) is 7.33. The zero-order valence-electron chi connectivity index (χ0n) is 16.3. The van der Waals surface area contributed by atoms with E-state index in [1.165, 1.54) is 31.9 Å². The lowest BCUT2D eigenvalue weighted by Gasteiger charge is -2.23. The van der Waals surface area contributed by atoms with Gasteiger partial charge in [-0.1, -0.05) is 0 Å². The zero-order valence-corrected chi connectivity index (χ0v) is 16.3. The van der Waals surface area contributed by atoms with E-state index in [9.17, 15) is 28.4 Å². The predicted octanol–water partition coefficient (Wildman–Crippen LogP) is 2.16. The quantitative estimate of drug-likeness (QED) is 0.847. The summed E-state index contributed by atoms with van der Waals surface area (Å²) in [6.45, 7) is 2.72. The molecule has 1 fully saturated rings. The van der Waals surface area contributed by atoms with Crippen LogP contribution >= 0.6 is 0 Å². The maximum atomic E-state index is 14.0. The molecule has 2 aromatic rings. The van der Waals surface area contributed by atoms with Gasteiger partial charge in [-0.3, -0.25) is 14.4 Å². The lowest BCUT2D eigenvalue weighted by Crippen LogP contribution is -2.43. The Balaban J connectivity index is 1.77. The number of fused-ring (bicyclic) bond motifs is 1. The fourth-order valence-electron chi connectivity index (χ4n) is 3.57. The molecule has 0 bridgehead atoms. The number of aromatic nitrogens is 1. The van der Waals surface area contributed by atoms with E-state index in [4.69, 9.17) is 0 Å². The number of benzene rings is 1. The Labute approximate surface area is 165 Å². The number of ketones is 1. The van der Waals surface area contributed by atoms with E-state index in [0.29, 0.717) is 0 Å². The van der Waals surface area contributed by atoms with Crippen LogP contribution in [0.25, 0.3) is 10.9 Å². The number of nitrogens with zero attached hydrogens (tertiary/aromatic N) is 3. The molecule has 1 aromatic carbocycles. The highest BCUT2D eigenvalue weighted by Crippen LogP contribution is 2.26. The molecule has 2 atom stereocenters. The maximum Gasteiger partial charge on any atom is 0.270 e. The molecule has 1 aromatic heterocycles. The van der Waals surface area contributed by atoms with Crippen molar-refractivity contribution in [2.75, 3.05) is 20.1 Å². The van der Waals surface area contributed by atoms with Crippen LogP contribution < -0.4 is 0 Å². The van der Waals surface area contributed by atoms with Crippen molar-refractivity contribution in [2.45, 2.75) is 26.3 Å². The van der Waals surface area contributed by atoms with E-state index in [1.54, 1.807) is 0 Å². The highest BCUT2D eigenvalue weighted by atomic mass is 19.1. The van der Waals surface area contributed by atoms with Crippen molar-refractivity contribution >= 4 is 28.5 Å². The number of nitriles is 1. The molecule has 1 aliphatic heterocycles. The molecular weight excluding hydrogens is 382 g/mol. The van der Waals surface area contributed by atoms with Crippen LogP contribution in [0.3, 0.4) is 0 Å². The molecule has 3 rings (SSSR count). The Kier molecular flexibility index (Phi) is 5.38. The first-order chi connectivity index (χ1) is 13.6. The SMILES string of the molecule is CC(=O)C1CC(C#N)N(C(=O)CN(C)C(=O)c2cc3c(F)cc(F)c(C)c3[nH]2)C1. The van der Waals surface area contributed by atoms with Crippen molar-refractivity contribution in [2.24, 2.45) is 5.92 Å². The number of Topliss-reactive ketones (excluding diaryl/α,β-unsaturated/α-hetero) is 1. The van der Waals surface area contributed by atoms with E-state index in [0.717, 1.165) is 11.0 Å². The highest BCUT2D eigenvalue weighted by molar-refractivity contribution is 6.00. The summed E-state index contributed by atoms with van der Waals surface area (Å²) >= 11 is 0. The molecule has 29 heavy (non-hydrogen) atoms. The van der Waals surface area contributed by atoms with Crippen molar-refractivity contribution in [3.63, 3.8) is 0 Å². The average Bonchev–Trinajstić information content (AvgIpc) is 3.30. The molecule has 7 nitrogen and oxygen atoms in total. The van der Waals surface area contributed by atoms with Crippen LogP contribution in [0.2, 0.25) is 0 Å². The first kappa shape index (κ1) is 20.5. The summed E-state index contributed by atoms with van der Waals surface area (Å²) in [6.07, 6.45) is 0.279. The third kappa shape index (κ3) is 3.70. The lowest BCUT2D eigenvalue weighted by atomic mass is 10.0. The number of rotatable bonds is 4. The lowest BCUT2D eigenvalue weighted by molar-refractivity contribution is -0.131. The molecule has 1 aliphatic rings. The molecule has 152 valence electrons. The van der Waals surface area contributed by atoms with Gasteiger partial charge in [-0.15, -0.1) is 0 Å². The van der Waals surface area contributed by atoms with E-state index < -0.39 is 29.5 Å². The van der Waals surface area contributed by atoms with Gasteiger partial charge in [0, 0.05) is 36.5 Å². The zero-order chi connectivity index (χ0) is 21.5. The number of hydrogen-bond donors (Lipinski definition) is 1. The van der Waals surface area contributed by atoms with Crippen molar-refractivity contribution in [1.82, 2.24) is 14.8 Å². The van der Waals surface area contributed by atoms with E-state index in [1.807, 2.05) is 6.07 Å². The summed E-state index contributed by atoms with van der Waals surface area (Å²) in [6, 6.07) is 3.34. The van der Waals surface area contributed by atoms with Crippen LogP contribution in [0.4, 0.5) is 8.78 Å². The van der Waals surface area contributed by atoms with E-state index >= 15 is 0 Å². The van der Waals surface area contributed by atoms with Crippen molar-refractivity contribution < 1.29 is 23.2 Å². The van der Waals surface area contributed by atoms with Gasteiger partial charge >= 0.3 is 0 Å². The number of hydrogen-bond acceptors (Lipinski definition) is 4. The first-order valence-electron chi connectivity index (χ1n) is 9.06. The summed E-state index contributed by atoms with van der Waals surface area (Å²) in [7, 11) is 1.40. The molecule has 0 radical (unpaired) electrons. The monoisotopic (exact) mass is 402 g/mol. The Morgan fingerprint density at radius 2 is 2.00 bits per heavy atom. The second-order valence-electron chi connectivity index (χ2n) is 7.33. The van der Waals surface area contributed by atoms with Crippen molar-refractivity contribution in [3.8, 4) is 6.07 Å². The number of amides is 2. The molecule has 2 amide bonds. The van der Waals surface area contributed by atoms with Crippen LogP contribution in [0.5, 0.6) is 0 Å². The van der Waals surface area contributed by atoms with Gasteiger partial charge in [0.05, 0.1) is 18.1 Å². The standard InChI is InChI=1S/C20H20F2N4O3/c1-10-15(21)6-16(22)14-5-17(24-19(10)14)20(29)25(3)9-18(28)26-8-12(11(2)27)4-13(26)7-23/h5-6,12-13,24H,4,8-9H2,1-3H3. The normalized spacial score (nSPS) is 18.7. The number of likely N-dealkylation sites (tertiary alicyclic amines) is 1. The fourth-order valence-corrected chi connectivity index (χ4v) is 3.57. The van der Waals surface area contributed by atoms with Crippen LogP contribution in [0, 0.1) is 35.8 Å². The van der Waals surface area contributed by atoms with Crippen LogP contribution in [-0.4, -0.2) is 58.6 Å². The molecule has 0 aliphatic carbocycles. The predicted molar refractivity (Wildman–Crippen MR) is 99.8 cm³/mol. The van der Waals surface area contributed by atoms with Crippen molar-refractivity contribution in [1.29, 1.82) is 5.26 Å². The summed E-state index contributed by atoms with van der Waals surface area (Å²) in [5.74, 6) is -3.03. The number of aryl methyl sites for hydroxylation is 1. The average molecular weight is 402 g/mol. The molecule has 2 heterocycles. The van der Waals surface area contributed by atoms with Gasteiger partial charge in [-0.25, -0.2) is 8.78 Å². The summed E-state index contributed by atoms with van der Waals surface area (Å²) in [4.78, 5) is 42.0. The largest absolute Gasteiger partial charge is 0.350 e. The van der Waals surface area contributed by atoms with E-state index in [2.05, 4.69) is 4.98 Å². The van der Waals surface area contributed by atoms with Gasteiger partial charge in [-0.2, -0.15) is 5.26 Å². The van der Waals surface area contributed by atoms with Gasteiger partial charge in [0.2, 0.25) is 5.91 Å². The number of carbonyl (C=O) groups is 3. The number of aromatic amines is 1. The fraction of sp³-hybridized carbons (Fsp3) is 0.400. The Morgan fingerprint density at radius 1 is 1.31 bits per heavy atom. The van der Waals surface area contributed by atoms with Gasteiger partial charge in [0.15, 0.2) is 0 Å². The molecule has 1 N–H and O–H groups in total. The van der Waals surface area contributed by atoms with Crippen molar-refractivity contribution in [3.05, 3.63) is 35.0 Å². The second kappa shape index (κ2) is 7.62. The Bertz CT molecular complexity index is 1060.